The highest BCUT2D eigenvalue weighted by atomic mass is 35.5. The number of hydrazine groups is 1. The van der Waals surface area contributed by atoms with Crippen molar-refractivity contribution in [2.75, 3.05) is 0 Å². The van der Waals surface area contributed by atoms with E-state index in [0.717, 1.165) is 10.0 Å². The molecular weight excluding hydrogens is 298 g/mol. The lowest BCUT2D eigenvalue weighted by Crippen LogP contribution is -2.48. The van der Waals surface area contributed by atoms with Crippen LogP contribution in [0.15, 0.2) is 24.6 Å². The molecule has 0 saturated heterocycles. The van der Waals surface area contributed by atoms with Gasteiger partial charge in [-0.1, -0.05) is 46.4 Å². The molecule has 1 aliphatic heterocycles. The molecule has 4 nitrogen and oxygen atoms in total. The van der Waals surface area contributed by atoms with Crippen molar-refractivity contribution in [1.82, 2.24) is 10.0 Å². The molecule has 0 saturated carbocycles. The third-order valence-corrected chi connectivity index (χ3v) is 2.37. The standard InChI is InChI=1S/C8H6Cl4N2O2/c9-5(10)7(15)13-3-1-2-4-14(13)8(16)6(11)12/h1-6H. The molecule has 0 fully saturated rings. The van der Waals surface area contributed by atoms with Gasteiger partial charge in [-0.15, -0.1) is 0 Å². The average Bonchev–Trinajstić information content (AvgIpc) is 2.26. The quantitative estimate of drug-likeness (QED) is 0.734. The molecular formula is C8H6Cl4N2O2. The summed E-state index contributed by atoms with van der Waals surface area (Å²) in [5.41, 5.74) is 0. The van der Waals surface area contributed by atoms with Gasteiger partial charge in [-0.25, -0.2) is 10.0 Å². The Morgan fingerprint density at radius 3 is 1.38 bits per heavy atom. The zero-order chi connectivity index (χ0) is 12.3. The molecule has 0 N–H and O–H groups in total. The summed E-state index contributed by atoms with van der Waals surface area (Å²) in [6.07, 6.45) is 5.73. The first-order valence-electron chi connectivity index (χ1n) is 4.02. The molecule has 0 radical (unpaired) electrons. The van der Waals surface area contributed by atoms with Gasteiger partial charge in [-0.05, 0) is 12.2 Å². The number of alkyl halides is 4. The predicted octanol–water partition coefficient (Wildman–Crippen LogP) is 2.21. The molecule has 1 rings (SSSR count). The summed E-state index contributed by atoms with van der Waals surface area (Å²) in [7, 11) is 0. The molecule has 0 unspecified atom stereocenters. The normalized spacial score (nSPS) is 15.1. The zero-order valence-corrected chi connectivity index (χ0v) is 10.7. The van der Waals surface area contributed by atoms with Gasteiger partial charge in [0.25, 0.3) is 11.8 Å². The maximum absolute atomic E-state index is 11.5. The maximum Gasteiger partial charge on any atom is 0.278 e. The van der Waals surface area contributed by atoms with Crippen LogP contribution >= 0.6 is 46.4 Å². The number of carbonyl (C=O) groups excluding carboxylic acids is 2. The van der Waals surface area contributed by atoms with Crippen LogP contribution in [-0.2, 0) is 9.59 Å². The molecule has 0 atom stereocenters. The number of amides is 2. The Balaban J connectivity index is 2.90. The summed E-state index contributed by atoms with van der Waals surface area (Å²) in [5, 5.41) is 1.87. The van der Waals surface area contributed by atoms with E-state index in [9.17, 15) is 9.59 Å². The van der Waals surface area contributed by atoms with Crippen molar-refractivity contribution >= 4 is 58.2 Å². The van der Waals surface area contributed by atoms with Gasteiger partial charge in [0.15, 0.2) is 9.67 Å². The Kier molecular flexibility index (Phi) is 4.92. The zero-order valence-electron chi connectivity index (χ0n) is 7.69. The van der Waals surface area contributed by atoms with Crippen LogP contribution in [0.3, 0.4) is 0 Å². The van der Waals surface area contributed by atoms with Crippen molar-refractivity contribution in [3.8, 4) is 0 Å². The lowest BCUT2D eigenvalue weighted by Gasteiger charge is -2.31. The van der Waals surface area contributed by atoms with E-state index in [1.165, 1.54) is 24.6 Å². The highest BCUT2D eigenvalue weighted by Gasteiger charge is 2.30. The second-order valence-electron chi connectivity index (χ2n) is 2.65. The van der Waals surface area contributed by atoms with Gasteiger partial charge >= 0.3 is 0 Å². The molecule has 1 aliphatic rings. The summed E-state index contributed by atoms with van der Waals surface area (Å²) in [5.74, 6) is -1.35. The Morgan fingerprint density at radius 2 is 1.12 bits per heavy atom. The first-order chi connectivity index (χ1) is 7.45. The maximum atomic E-state index is 11.5. The Bertz CT molecular complexity index is 320. The van der Waals surface area contributed by atoms with E-state index < -0.39 is 21.5 Å². The molecule has 0 aromatic heterocycles. The smallest absolute Gasteiger partial charge is 0.269 e. The molecule has 8 heteroatoms. The number of rotatable bonds is 2. The third-order valence-electron chi connectivity index (χ3n) is 1.62. The Hall–Kier alpha value is -0.420. The van der Waals surface area contributed by atoms with E-state index in [-0.39, 0.29) is 0 Å². The van der Waals surface area contributed by atoms with Gasteiger partial charge in [-0.3, -0.25) is 9.59 Å². The van der Waals surface area contributed by atoms with Gasteiger partial charge in [0.05, 0.1) is 0 Å². The minimum absolute atomic E-state index is 0.675. The highest BCUT2D eigenvalue weighted by molar-refractivity contribution is 6.54. The van der Waals surface area contributed by atoms with Crippen molar-refractivity contribution in [1.29, 1.82) is 0 Å². The van der Waals surface area contributed by atoms with E-state index in [1.807, 2.05) is 0 Å². The van der Waals surface area contributed by atoms with E-state index in [1.54, 1.807) is 0 Å². The fourth-order valence-electron chi connectivity index (χ4n) is 0.965. The van der Waals surface area contributed by atoms with Crippen LogP contribution < -0.4 is 0 Å². The van der Waals surface area contributed by atoms with Crippen LogP contribution in [0.25, 0.3) is 0 Å². The lowest BCUT2D eigenvalue weighted by atomic mass is 10.4. The van der Waals surface area contributed by atoms with Gasteiger partial charge in [0.1, 0.15) is 0 Å². The molecule has 2 amide bonds. The molecule has 16 heavy (non-hydrogen) atoms. The van der Waals surface area contributed by atoms with Crippen molar-refractivity contribution < 1.29 is 9.59 Å². The number of halogens is 4. The lowest BCUT2D eigenvalue weighted by molar-refractivity contribution is -0.150. The number of carbonyl (C=O) groups is 2. The van der Waals surface area contributed by atoms with Crippen molar-refractivity contribution in [2.45, 2.75) is 9.67 Å². The molecule has 0 aromatic rings. The first kappa shape index (κ1) is 13.6. The van der Waals surface area contributed by atoms with Crippen molar-refractivity contribution in [2.24, 2.45) is 0 Å². The fourth-order valence-corrected chi connectivity index (χ4v) is 1.37. The largest absolute Gasteiger partial charge is 0.278 e. The Labute approximate surface area is 112 Å². The summed E-state index contributed by atoms with van der Waals surface area (Å²) in [4.78, 5) is 20.5. The molecule has 0 aliphatic carbocycles. The van der Waals surface area contributed by atoms with Crippen LogP contribution in [0.5, 0.6) is 0 Å². The highest BCUT2D eigenvalue weighted by Crippen LogP contribution is 2.17. The fraction of sp³-hybridized carbons (Fsp3) is 0.250. The number of allylic oxidation sites excluding steroid dienone is 2. The molecule has 0 bridgehead atoms. The molecule has 0 spiro atoms. The van der Waals surface area contributed by atoms with Crippen LogP contribution in [0.1, 0.15) is 0 Å². The van der Waals surface area contributed by atoms with E-state index in [2.05, 4.69) is 0 Å². The second kappa shape index (κ2) is 5.77. The number of nitrogens with zero attached hydrogens (tertiary/aromatic N) is 2. The number of hydrogen-bond donors (Lipinski definition) is 0. The van der Waals surface area contributed by atoms with Gasteiger partial charge in [0.2, 0.25) is 0 Å². The summed E-state index contributed by atoms with van der Waals surface area (Å²) >= 11 is 21.7. The van der Waals surface area contributed by atoms with Crippen LogP contribution in [-0.4, -0.2) is 31.5 Å². The Morgan fingerprint density at radius 1 is 0.812 bits per heavy atom. The minimum atomic E-state index is -1.28. The van der Waals surface area contributed by atoms with E-state index in [0.29, 0.717) is 0 Å². The molecule has 1 heterocycles. The molecule has 0 aromatic carbocycles. The van der Waals surface area contributed by atoms with Crippen molar-refractivity contribution in [3.63, 3.8) is 0 Å². The first-order valence-corrected chi connectivity index (χ1v) is 5.77. The van der Waals surface area contributed by atoms with Crippen LogP contribution in [0, 0.1) is 0 Å². The second-order valence-corrected chi connectivity index (χ2v) is 4.84. The van der Waals surface area contributed by atoms with E-state index in [4.69, 9.17) is 46.4 Å². The summed E-state index contributed by atoms with van der Waals surface area (Å²) in [6.45, 7) is 0. The topological polar surface area (TPSA) is 40.6 Å². The van der Waals surface area contributed by atoms with Crippen LogP contribution in [0.2, 0.25) is 0 Å². The predicted molar refractivity (Wildman–Crippen MR) is 63.0 cm³/mol. The summed E-state index contributed by atoms with van der Waals surface area (Å²) in [6, 6.07) is 0. The van der Waals surface area contributed by atoms with Gasteiger partial charge < -0.3 is 0 Å². The third kappa shape index (κ3) is 3.04. The van der Waals surface area contributed by atoms with E-state index >= 15 is 0 Å². The van der Waals surface area contributed by atoms with Gasteiger partial charge in [-0.2, -0.15) is 0 Å². The SMILES string of the molecule is O=C(C(Cl)Cl)N1C=CC=CN1C(=O)C(Cl)Cl. The van der Waals surface area contributed by atoms with Crippen molar-refractivity contribution in [3.05, 3.63) is 24.6 Å². The molecule has 88 valence electrons. The summed E-state index contributed by atoms with van der Waals surface area (Å²) < 4.78 is 0. The van der Waals surface area contributed by atoms with Gasteiger partial charge in [0, 0.05) is 12.4 Å². The monoisotopic (exact) mass is 302 g/mol. The average molecular weight is 304 g/mol. The van der Waals surface area contributed by atoms with Crippen LogP contribution in [0.4, 0.5) is 0 Å². The number of hydrogen-bond acceptors (Lipinski definition) is 2. The minimum Gasteiger partial charge on any atom is -0.269 e.